The van der Waals surface area contributed by atoms with Crippen molar-refractivity contribution in [3.8, 4) is 0 Å². The van der Waals surface area contributed by atoms with E-state index in [0.29, 0.717) is 15.7 Å². The van der Waals surface area contributed by atoms with E-state index in [2.05, 4.69) is 5.32 Å². The Kier molecular flexibility index (Phi) is 6.45. The second kappa shape index (κ2) is 8.37. The van der Waals surface area contributed by atoms with Crippen LogP contribution in [0.2, 0.25) is 10.0 Å². The Morgan fingerprint density at radius 2 is 1.84 bits per heavy atom. The molecule has 2 rings (SSSR count). The summed E-state index contributed by atoms with van der Waals surface area (Å²) >= 11 is 11.9. The van der Waals surface area contributed by atoms with Gasteiger partial charge in [0.15, 0.2) is 0 Å². The molecular weight excluding hydrogens is 359 g/mol. The van der Waals surface area contributed by atoms with Gasteiger partial charge in [0, 0.05) is 30.6 Å². The molecule has 0 fully saturated rings. The van der Waals surface area contributed by atoms with Crippen LogP contribution in [0.1, 0.15) is 24.5 Å². The molecule has 0 aromatic heterocycles. The van der Waals surface area contributed by atoms with E-state index < -0.39 is 0 Å². The van der Waals surface area contributed by atoms with Gasteiger partial charge in [0.05, 0.1) is 10.7 Å². The normalized spacial score (nSPS) is 10.4. The maximum atomic E-state index is 12.2. The number of nitrogens with one attached hydrogen (secondary N) is 1. The molecule has 0 aliphatic rings. The highest BCUT2D eigenvalue weighted by atomic mass is 35.5. The first-order valence-corrected chi connectivity index (χ1v) is 8.64. The summed E-state index contributed by atoms with van der Waals surface area (Å²) in [4.78, 5) is 25.9. The fraction of sp³-hybridized carbons (Fsp3) is 0.263. The average Bonchev–Trinajstić information content (AvgIpc) is 2.54. The quantitative estimate of drug-likeness (QED) is 0.796. The number of benzene rings is 2. The van der Waals surface area contributed by atoms with Crippen molar-refractivity contribution in [3.63, 3.8) is 0 Å². The van der Waals surface area contributed by atoms with Crippen LogP contribution < -0.4 is 10.2 Å². The number of nitrogens with zero attached hydrogens (tertiary/aromatic N) is 1. The van der Waals surface area contributed by atoms with Crippen molar-refractivity contribution >= 4 is 46.4 Å². The van der Waals surface area contributed by atoms with E-state index >= 15 is 0 Å². The minimum atomic E-state index is -0.222. The summed E-state index contributed by atoms with van der Waals surface area (Å²) in [7, 11) is 0. The van der Waals surface area contributed by atoms with E-state index in [9.17, 15) is 9.59 Å². The zero-order valence-electron chi connectivity index (χ0n) is 14.4. The summed E-state index contributed by atoms with van der Waals surface area (Å²) in [5.41, 5.74) is 3.45. The molecule has 2 aromatic rings. The van der Waals surface area contributed by atoms with Gasteiger partial charge in [0.25, 0.3) is 0 Å². The molecule has 0 saturated heterocycles. The third-order valence-electron chi connectivity index (χ3n) is 4.01. The molecule has 0 atom stereocenters. The minimum absolute atomic E-state index is 0.106. The van der Waals surface area contributed by atoms with Crippen LogP contribution in [-0.2, 0) is 9.59 Å². The van der Waals surface area contributed by atoms with Crippen LogP contribution >= 0.6 is 23.2 Å². The lowest BCUT2D eigenvalue weighted by Crippen LogP contribution is -2.32. The largest absolute Gasteiger partial charge is 0.325 e. The molecule has 2 amide bonds. The van der Waals surface area contributed by atoms with E-state index in [-0.39, 0.29) is 24.8 Å². The summed E-state index contributed by atoms with van der Waals surface area (Å²) < 4.78 is 0. The minimum Gasteiger partial charge on any atom is -0.325 e. The molecule has 0 aliphatic carbocycles. The van der Waals surface area contributed by atoms with Gasteiger partial charge in [-0.15, -0.1) is 0 Å². The third-order valence-corrected chi connectivity index (χ3v) is 4.56. The molecule has 1 N–H and O–H groups in total. The van der Waals surface area contributed by atoms with Crippen molar-refractivity contribution in [1.82, 2.24) is 0 Å². The summed E-state index contributed by atoms with van der Waals surface area (Å²) in [5, 5.41) is 3.62. The SMILES string of the molecule is CC(=O)N(CCC(=O)Nc1ccc(Cl)cc1Cl)c1cccc(C)c1C. The summed E-state index contributed by atoms with van der Waals surface area (Å²) in [6.45, 7) is 5.74. The maximum absolute atomic E-state index is 12.2. The van der Waals surface area contributed by atoms with Crippen LogP contribution in [-0.4, -0.2) is 18.4 Å². The molecule has 4 nitrogen and oxygen atoms in total. The first kappa shape index (κ1) is 19.3. The Hall–Kier alpha value is -2.04. The molecule has 132 valence electrons. The van der Waals surface area contributed by atoms with Crippen LogP contribution in [0.25, 0.3) is 0 Å². The van der Waals surface area contributed by atoms with E-state index in [0.717, 1.165) is 16.8 Å². The highest BCUT2D eigenvalue weighted by Gasteiger charge is 2.16. The van der Waals surface area contributed by atoms with Crippen molar-refractivity contribution in [2.45, 2.75) is 27.2 Å². The van der Waals surface area contributed by atoms with Crippen LogP contribution in [0.5, 0.6) is 0 Å². The summed E-state index contributed by atoms with van der Waals surface area (Å²) in [5.74, 6) is -0.327. The van der Waals surface area contributed by atoms with Crippen molar-refractivity contribution in [2.24, 2.45) is 0 Å². The average molecular weight is 379 g/mol. The lowest BCUT2D eigenvalue weighted by Gasteiger charge is -2.23. The number of anilines is 2. The Bertz CT molecular complexity index is 806. The number of carbonyl (C=O) groups is 2. The van der Waals surface area contributed by atoms with Crippen LogP contribution in [0.3, 0.4) is 0 Å². The van der Waals surface area contributed by atoms with Gasteiger partial charge in [-0.1, -0.05) is 35.3 Å². The molecule has 0 heterocycles. The lowest BCUT2D eigenvalue weighted by atomic mass is 10.1. The highest BCUT2D eigenvalue weighted by Crippen LogP contribution is 2.26. The predicted octanol–water partition coefficient (Wildman–Crippen LogP) is 4.99. The van der Waals surface area contributed by atoms with E-state index in [1.54, 1.807) is 23.1 Å². The first-order valence-electron chi connectivity index (χ1n) is 7.89. The molecule has 0 aliphatic heterocycles. The standard InChI is InChI=1S/C19H20Cl2N2O2/c1-12-5-4-6-18(13(12)2)23(14(3)24)10-9-19(25)22-17-8-7-15(20)11-16(17)21/h4-8,11H,9-10H2,1-3H3,(H,22,25). The smallest absolute Gasteiger partial charge is 0.226 e. The Balaban J connectivity index is 2.07. The predicted molar refractivity (Wildman–Crippen MR) is 104 cm³/mol. The number of carbonyl (C=O) groups excluding carboxylic acids is 2. The van der Waals surface area contributed by atoms with Crippen molar-refractivity contribution < 1.29 is 9.59 Å². The van der Waals surface area contributed by atoms with Gasteiger partial charge < -0.3 is 10.2 Å². The molecule has 0 spiro atoms. The Morgan fingerprint density at radius 1 is 1.12 bits per heavy atom. The van der Waals surface area contributed by atoms with E-state index in [1.165, 1.54) is 6.92 Å². The first-order chi connectivity index (χ1) is 11.8. The Labute approximate surface area is 157 Å². The molecule has 2 aromatic carbocycles. The van der Waals surface area contributed by atoms with Crippen molar-refractivity contribution in [3.05, 3.63) is 57.6 Å². The van der Waals surface area contributed by atoms with Crippen molar-refractivity contribution in [1.29, 1.82) is 0 Å². The molecule has 0 radical (unpaired) electrons. The monoisotopic (exact) mass is 378 g/mol. The van der Waals surface area contributed by atoms with Gasteiger partial charge in [0.1, 0.15) is 0 Å². The molecule has 25 heavy (non-hydrogen) atoms. The van der Waals surface area contributed by atoms with Crippen LogP contribution in [0.4, 0.5) is 11.4 Å². The molecule has 0 saturated carbocycles. The van der Waals surface area contributed by atoms with Gasteiger partial charge >= 0.3 is 0 Å². The highest BCUT2D eigenvalue weighted by molar-refractivity contribution is 6.36. The number of amides is 2. The van der Waals surface area contributed by atoms with Gasteiger partial charge in [-0.05, 0) is 49.2 Å². The number of halogens is 2. The van der Waals surface area contributed by atoms with Gasteiger partial charge in [-0.2, -0.15) is 0 Å². The fourth-order valence-corrected chi connectivity index (χ4v) is 2.95. The molecular formula is C19H20Cl2N2O2. The van der Waals surface area contributed by atoms with Gasteiger partial charge in [-0.3, -0.25) is 9.59 Å². The third kappa shape index (κ3) is 4.97. The van der Waals surface area contributed by atoms with E-state index in [4.69, 9.17) is 23.2 Å². The zero-order valence-corrected chi connectivity index (χ0v) is 15.9. The van der Waals surface area contributed by atoms with Crippen LogP contribution in [0.15, 0.2) is 36.4 Å². The Morgan fingerprint density at radius 3 is 2.48 bits per heavy atom. The number of hydrogen-bond donors (Lipinski definition) is 1. The summed E-state index contributed by atoms with van der Waals surface area (Å²) in [6.07, 6.45) is 0.159. The molecule has 0 unspecified atom stereocenters. The van der Waals surface area contributed by atoms with Gasteiger partial charge in [-0.25, -0.2) is 0 Å². The number of rotatable bonds is 5. The zero-order chi connectivity index (χ0) is 18.6. The lowest BCUT2D eigenvalue weighted by molar-refractivity contribution is -0.117. The number of hydrogen-bond acceptors (Lipinski definition) is 2. The van der Waals surface area contributed by atoms with E-state index in [1.807, 2.05) is 32.0 Å². The maximum Gasteiger partial charge on any atom is 0.226 e. The summed E-state index contributed by atoms with van der Waals surface area (Å²) in [6, 6.07) is 10.7. The fourth-order valence-electron chi connectivity index (χ4n) is 2.49. The second-order valence-corrected chi connectivity index (χ2v) is 6.66. The van der Waals surface area contributed by atoms with Crippen LogP contribution in [0, 0.1) is 13.8 Å². The molecule has 6 heteroatoms. The molecule has 0 bridgehead atoms. The van der Waals surface area contributed by atoms with Gasteiger partial charge in [0.2, 0.25) is 11.8 Å². The number of aryl methyl sites for hydroxylation is 1. The second-order valence-electron chi connectivity index (χ2n) is 5.81. The topological polar surface area (TPSA) is 49.4 Å². The van der Waals surface area contributed by atoms with Crippen molar-refractivity contribution in [2.75, 3.05) is 16.8 Å².